The fraction of sp³-hybridized carbons (Fsp3) is 0.429. The minimum absolute atomic E-state index is 0.129. The van der Waals surface area contributed by atoms with Crippen LogP contribution in [0, 0.1) is 13.8 Å². The number of hydrogen-bond donors (Lipinski definition) is 0. The van der Waals surface area contributed by atoms with E-state index in [1.165, 1.54) is 5.56 Å². The first-order chi connectivity index (χ1) is 22.6. The van der Waals surface area contributed by atoms with Crippen molar-refractivity contribution in [3.63, 3.8) is 0 Å². The third kappa shape index (κ3) is 10.1. The van der Waals surface area contributed by atoms with Crippen LogP contribution in [-0.4, -0.2) is 5.60 Å². The molecule has 0 amide bonds. The smallest absolute Gasteiger partial charge is 0.275 e. The van der Waals surface area contributed by atoms with Gasteiger partial charge in [0.05, 0.1) is 0 Å². The maximum atomic E-state index is 6.77. The summed E-state index contributed by atoms with van der Waals surface area (Å²) in [5, 5.41) is 0. The van der Waals surface area contributed by atoms with Crippen LogP contribution < -0.4 is 22.8 Å². The highest BCUT2D eigenvalue weighted by molar-refractivity contribution is 7.27. The van der Waals surface area contributed by atoms with Crippen LogP contribution in [0.3, 0.4) is 0 Å². The van der Waals surface area contributed by atoms with Crippen molar-refractivity contribution in [3.8, 4) is 39.9 Å². The van der Waals surface area contributed by atoms with Crippen LogP contribution >= 0.6 is 18.1 Å². The quantitative estimate of drug-likeness (QED) is 0.154. The summed E-state index contributed by atoms with van der Waals surface area (Å²) >= 11 is 0. The molecule has 2 atom stereocenters. The van der Waals surface area contributed by atoms with Crippen LogP contribution in [0.25, 0.3) is 11.1 Å². The molecule has 0 aliphatic carbocycles. The SMILES string of the molecule is Cc1ccccc1OPOc1c(-c2cc(C(C)(C)C)cc(C(C)(C)C)c2OPOc2ccccc2C)cc(OC(C)(C)C)cc1C(C)(C)C. The van der Waals surface area contributed by atoms with Gasteiger partial charge in [0.15, 0.2) is 0 Å². The zero-order valence-corrected chi connectivity index (χ0v) is 34.0. The number of aryl methyl sites for hydroxylation is 2. The van der Waals surface area contributed by atoms with E-state index >= 15 is 0 Å². The first kappa shape index (κ1) is 38.5. The summed E-state index contributed by atoms with van der Waals surface area (Å²) in [4.78, 5) is 0. The van der Waals surface area contributed by atoms with Gasteiger partial charge in [0.25, 0.3) is 18.1 Å². The summed E-state index contributed by atoms with van der Waals surface area (Å²) in [7, 11) is -0.527. The standard InChI is InChI=1S/C42H56O5P2/c1-27-19-15-17-21-35(27)44-48-46-37-31(23-29(39(3,4)5)24-33(37)40(6,7)8)32-25-30(43-42(12,13)14)26-34(41(9,10)11)38(32)47-49-45-36-22-18-16-20-28(36)2/h15-26,48-49H,1-14H3. The van der Waals surface area contributed by atoms with Gasteiger partial charge in [-0.2, -0.15) is 0 Å². The summed E-state index contributed by atoms with van der Waals surface area (Å²) in [6, 6.07) is 24.8. The van der Waals surface area contributed by atoms with Crippen molar-refractivity contribution in [2.24, 2.45) is 0 Å². The van der Waals surface area contributed by atoms with Crippen LogP contribution in [0.4, 0.5) is 0 Å². The molecule has 4 rings (SSSR count). The Morgan fingerprint density at radius 3 is 1.31 bits per heavy atom. The average molecular weight is 703 g/mol. The number of para-hydroxylation sites is 2. The average Bonchev–Trinajstić information content (AvgIpc) is 2.97. The first-order valence-corrected chi connectivity index (χ1v) is 18.6. The molecule has 4 aromatic carbocycles. The van der Waals surface area contributed by atoms with Crippen molar-refractivity contribution in [1.29, 1.82) is 0 Å². The third-order valence-corrected chi connectivity index (χ3v) is 9.31. The van der Waals surface area contributed by atoms with E-state index in [2.05, 4.69) is 107 Å². The Kier molecular flexibility index (Phi) is 11.7. The van der Waals surface area contributed by atoms with Crippen molar-refractivity contribution in [3.05, 3.63) is 101 Å². The molecule has 0 aliphatic rings. The Balaban J connectivity index is 2.00. The summed E-state index contributed by atoms with van der Waals surface area (Å²) in [6.45, 7) is 30.3. The molecule has 0 saturated carbocycles. The lowest BCUT2D eigenvalue weighted by Crippen LogP contribution is -2.23. The molecule has 0 bridgehead atoms. The van der Waals surface area contributed by atoms with Gasteiger partial charge >= 0.3 is 0 Å². The van der Waals surface area contributed by atoms with Gasteiger partial charge in [-0.05, 0) is 97.9 Å². The number of hydrogen-bond acceptors (Lipinski definition) is 5. The van der Waals surface area contributed by atoms with Gasteiger partial charge in [-0.3, -0.25) is 0 Å². The van der Waals surface area contributed by atoms with E-state index < -0.39 is 5.60 Å². The molecule has 0 saturated heterocycles. The van der Waals surface area contributed by atoms with Gasteiger partial charge < -0.3 is 22.8 Å². The van der Waals surface area contributed by atoms with E-state index in [0.717, 1.165) is 62.1 Å². The Morgan fingerprint density at radius 1 is 0.469 bits per heavy atom. The van der Waals surface area contributed by atoms with Crippen LogP contribution in [0.2, 0.25) is 0 Å². The summed E-state index contributed by atoms with van der Waals surface area (Å²) < 4.78 is 32.6. The second-order valence-electron chi connectivity index (χ2n) is 16.8. The molecule has 4 aromatic rings. The summed E-state index contributed by atoms with van der Waals surface area (Å²) in [5.41, 5.74) is 6.21. The lowest BCUT2D eigenvalue weighted by Gasteiger charge is -2.31. The van der Waals surface area contributed by atoms with Gasteiger partial charge in [-0.15, -0.1) is 0 Å². The van der Waals surface area contributed by atoms with Crippen molar-refractivity contribution >= 4 is 18.1 Å². The van der Waals surface area contributed by atoms with Gasteiger partial charge in [0, 0.05) is 22.3 Å². The highest BCUT2D eigenvalue weighted by Gasteiger charge is 2.31. The number of ether oxygens (including phenoxy) is 1. The molecular formula is C42H56O5P2. The molecule has 0 fully saturated rings. The fourth-order valence-electron chi connectivity index (χ4n) is 5.37. The van der Waals surface area contributed by atoms with E-state index in [1.54, 1.807) is 0 Å². The lowest BCUT2D eigenvalue weighted by atomic mass is 9.77. The monoisotopic (exact) mass is 702 g/mol. The van der Waals surface area contributed by atoms with Crippen molar-refractivity contribution in [2.45, 2.75) is 119 Å². The topological polar surface area (TPSA) is 46.2 Å². The highest BCUT2D eigenvalue weighted by Crippen LogP contribution is 2.51. The minimum Gasteiger partial charge on any atom is -0.488 e. The second kappa shape index (κ2) is 14.9. The highest BCUT2D eigenvalue weighted by atomic mass is 31.1. The molecule has 7 heteroatoms. The zero-order chi connectivity index (χ0) is 36.4. The van der Waals surface area contributed by atoms with E-state index in [9.17, 15) is 0 Å². The summed E-state index contributed by atoms with van der Waals surface area (Å²) in [5.74, 6) is 3.90. The first-order valence-electron chi connectivity index (χ1n) is 17.0. The Hall–Kier alpha value is -3.26. The predicted octanol–water partition coefficient (Wildman–Crippen LogP) is 13.0. The molecule has 5 nitrogen and oxygen atoms in total. The normalized spacial score (nSPS) is 12.9. The molecule has 264 valence electrons. The largest absolute Gasteiger partial charge is 0.488 e. The summed E-state index contributed by atoms with van der Waals surface area (Å²) in [6.07, 6.45) is 0. The Morgan fingerprint density at radius 2 is 0.898 bits per heavy atom. The molecule has 0 heterocycles. The van der Waals surface area contributed by atoms with E-state index in [-0.39, 0.29) is 34.3 Å². The second-order valence-corrected chi connectivity index (χ2v) is 18.0. The van der Waals surface area contributed by atoms with Crippen LogP contribution in [0.5, 0.6) is 28.7 Å². The molecule has 49 heavy (non-hydrogen) atoms. The maximum absolute atomic E-state index is 6.77. The maximum Gasteiger partial charge on any atom is 0.275 e. The molecular weight excluding hydrogens is 646 g/mol. The van der Waals surface area contributed by atoms with Gasteiger partial charge in [-0.1, -0.05) is 105 Å². The Labute approximate surface area is 299 Å². The van der Waals surface area contributed by atoms with Crippen molar-refractivity contribution in [1.82, 2.24) is 0 Å². The van der Waals surface area contributed by atoms with Crippen LogP contribution in [0.15, 0.2) is 72.8 Å². The van der Waals surface area contributed by atoms with Crippen LogP contribution in [-0.2, 0) is 16.2 Å². The van der Waals surface area contributed by atoms with Gasteiger partial charge in [0.1, 0.15) is 34.3 Å². The molecule has 0 N–H and O–H groups in total. The van der Waals surface area contributed by atoms with Gasteiger partial charge in [-0.25, -0.2) is 0 Å². The number of benzene rings is 4. The number of rotatable bonds is 10. The third-order valence-electron chi connectivity index (χ3n) is 8.13. The zero-order valence-electron chi connectivity index (χ0n) is 32.0. The van der Waals surface area contributed by atoms with E-state index in [0.29, 0.717) is 0 Å². The predicted molar refractivity (Wildman–Crippen MR) is 210 cm³/mol. The molecule has 0 aliphatic heterocycles. The van der Waals surface area contributed by atoms with Gasteiger partial charge in [0.2, 0.25) is 0 Å². The van der Waals surface area contributed by atoms with E-state index in [1.807, 2.05) is 62.4 Å². The Bertz CT molecular complexity index is 1750. The fourth-order valence-corrected chi connectivity index (χ4v) is 6.70. The molecule has 0 radical (unpaired) electrons. The van der Waals surface area contributed by atoms with Crippen molar-refractivity contribution in [2.75, 3.05) is 0 Å². The van der Waals surface area contributed by atoms with Crippen LogP contribution in [0.1, 0.15) is 111 Å². The molecule has 0 aromatic heterocycles. The molecule has 0 spiro atoms. The lowest BCUT2D eigenvalue weighted by molar-refractivity contribution is 0.130. The minimum atomic E-state index is -0.406. The van der Waals surface area contributed by atoms with Crippen molar-refractivity contribution < 1.29 is 22.8 Å². The molecule has 2 unspecified atom stereocenters. The van der Waals surface area contributed by atoms with E-state index in [4.69, 9.17) is 22.8 Å².